The smallest absolute Gasteiger partial charge is 0.240 e. The second-order valence-electron chi connectivity index (χ2n) is 5.45. The number of para-hydroxylation sites is 1. The lowest BCUT2D eigenvalue weighted by Gasteiger charge is -2.15. The van der Waals surface area contributed by atoms with Crippen LogP contribution in [0.25, 0.3) is 0 Å². The van der Waals surface area contributed by atoms with E-state index in [1.807, 2.05) is 18.2 Å². The number of nitrogens with two attached hydrogens (primary N) is 1. The molecular formula is C15H23ClN2O2. The van der Waals surface area contributed by atoms with Gasteiger partial charge in [0.05, 0.1) is 12.1 Å². The lowest BCUT2D eigenvalue weighted by atomic mass is 10.0. The monoisotopic (exact) mass is 298 g/mol. The fourth-order valence-corrected chi connectivity index (χ4v) is 1.95. The average molecular weight is 299 g/mol. The SMILES string of the molecule is CC(C)c1ccccc1OCCNC(=O)C1(N)CC1.Cl. The molecule has 4 nitrogen and oxygen atoms in total. The van der Waals surface area contributed by atoms with Gasteiger partial charge in [-0.3, -0.25) is 4.79 Å². The van der Waals surface area contributed by atoms with Crippen molar-refractivity contribution in [1.29, 1.82) is 0 Å². The molecule has 0 aliphatic heterocycles. The fourth-order valence-electron chi connectivity index (χ4n) is 1.95. The van der Waals surface area contributed by atoms with Crippen LogP contribution in [0.1, 0.15) is 38.2 Å². The van der Waals surface area contributed by atoms with Gasteiger partial charge >= 0.3 is 0 Å². The van der Waals surface area contributed by atoms with Crippen LogP contribution in [0.3, 0.4) is 0 Å². The number of carbonyl (C=O) groups excluding carboxylic acids is 1. The van der Waals surface area contributed by atoms with E-state index in [1.165, 1.54) is 5.56 Å². The van der Waals surface area contributed by atoms with Crippen molar-refractivity contribution < 1.29 is 9.53 Å². The first kappa shape index (κ1) is 16.8. The number of rotatable bonds is 6. The Kier molecular flexibility index (Phi) is 5.84. The van der Waals surface area contributed by atoms with E-state index in [-0.39, 0.29) is 18.3 Å². The molecule has 0 radical (unpaired) electrons. The third kappa shape index (κ3) is 4.12. The van der Waals surface area contributed by atoms with Crippen LogP contribution in [0.2, 0.25) is 0 Å². The molecule has 5 heteroatoms. The van der Waals surface area contributed by atoms with Crippen molar-refractivity contribution in [3.63, 3.8) is 0 Å². The molecule has 1 aromatic carbocycles. The van der Waals surface area contributed by atoms with Crippen molar-refractivity contribution in [2.24, 2.45) is 5.73 Å². The Balaban J connectivity index is 0.00000200. The van der Waals surface area contributed by atoms with Crippen LogP contribution < -0.4 is 15.8 Å². The van der Waals surface area contributed by atoms with Crippen LogP contribution in [0, 0.1) is 0 Å². The van der Waals surface area contributed by atoms with E-state index in [2.05, 4.69) is 25.2 Å². The molecule has 3 N–H and O–H groups in total. The lowest BCUT2D eigenvalue weighted by molar-refractivity contribution is -0.123. The maximum absolute atomic E-state index is 11.6. The van der Waals surface area contributed by atoms with E-state index < -0.39 is 5.54 Å². The average Bonchev–Trinajstić information content (AvgIpc) is 3.14. The Hall–Kier alpha value is -1.26. The molecule has 1 aromatic rings. The summed E-state index contributed by atoms with van der Waals surface area (Å²) in [6.45, 7) is 5.22. The molecule has 1 aliphatic carbocycles. The molecule has 1 aliphatic rings. The van der Waals surface area contributed by atoms with Gasteiger partial charge in [-0.25, -0.2) is 0 Å². The summed E-state index contributed by atoms with van der Waals surface area (Å²) in [5, 5.41) is 2.82. The first-order valence-electron chi connectivity index (χ1n) is 6.82. The number of hydrogen-bond acceptors (Lipinski definition) is 3. The zero-order valence-corrected chi connectivity index (χ0v) is 12.8. The van der Waals surface area contributed by atoms with Crippen LogP contribution in [-0.2, 0) is 4.79 Å². The highest BCUT2D eigenvalue weighted by Crippen LogP contribution is 2.32. The molecule has 0 bridgehead atoms. The Morgan fingerprint density at radius 1 is 1.40 bits per heavy atom. The van der Waals surface area contributed by atoms with Gasteiger partial charge in [0.1, 0.15) is 12.4 Å². The second-order valence-corrected chi connectivity index (χ2v) is 5.45. The standard InChI is InChI=1S/C15H22N2O2.ClH/c1-11(2)12-5-3-4-6-13(12)19-10-9-17-14(18)15(16)7-8-15;/h3-6,11H,7-10,16H2,1-2H3,(H,17,18);1H. The zero-order valence-electron chi connectivity index (χ0n) is 12.0. The van der Waals surface area contributed by atoms with Gasteiger partial charge in [-0.2, -0.15) is 0 Å². The predicted octanol–water partition coefficient (Wildman–Crippen LogP) is 2.22. The molecule has 1 fully saturated rings. The Bertz CT molecular complexity index is 459. The van der Waals surface area contributed by atoms with E-state index in [0.717, 1.165) is 18.6 Å². The van der Waals surface area contributed by atoms with Crippen molar-refractivity contribution in [2.75, 3.05) is 13.2 Å². The minimum Gasteiger partial charge on any atom is -0.491 e. The van der Waals surface area contributed by atoms with E-state index in [1.54, 1.807) is 0 Å². The summed E-state index contributed by atoms with van der Waals surface area (Å²) in [4.78, 5) is 11.6. The molecule has 0 heterocycles. The molecule has 0 saturated heterocycles. The predicted molar refractivity (Wildman–Crippen MR) is 82.4 cm³/mol. The Morgan fingerprint density at radius 3 is 2.65 bits per heavy atom. The van der Waals surface area contributed by atoms with Gasteiger partial charge in [0, 0.05) is 0 Å². The van der Waals surface area contributed by atoms with Crippen molar-refractivity contribution in [1.82, 2.24) is 5.32 Å². The zero-order chi connectivity index (χ0) is 13.9. The third-order valence-electron chi connectivity index (χ3n) is 3.43. The minimum atomic E-state index is -0.601. The summed E-state index contributed by atoms with van der Waals surface area (Å²) < 4.78 is 5.73. The summed E-state index contributed by atoms with van der Waals surface area (Å²) in [5.74, 6) is 1.25. The topological polar surface area (TPSA) is 64.3 Å². The lowest BCUT2D eigenvalue weighted by Crippen LogP contribution is -2.44. The van der Waals surface area contributed by atoms with Crippen LogP contribution >= 0.6 is 12.4 Å². The molecule has 1 amide bonds. The van der Waals surface area contributed by atoms with Crippen LogP contribution in [0.15, 0.2) is 24.3 Å². The molecule has 1 saturated carbocycles. The van der Waals surface area contributed by atoms with E-state index in [9.17, 15) is 4.79 Å². The first-order valence-corrected chi connectivity index (χ1v) is 6.82. The Labute approximate surface area is 126 Å². The van der Waals surface area contributed by atoms with Crippen LogP contribution in [-0.4, -0.2) is 24.6 Å². The highest BCUT2D eigenvalue weighted by atomic mass is 35.5. The van der Waals surface area contributed by atoms with E-state index >= 15 is 0 Å². The number of carbonyl (C=O) groups is 1. The van der Waals surface area contributed by atoms with Gasteiger partial charge in [-0.1, -0.05) is 32.0 Å². The normalized spacial score (nSPS) is 15.4. The molecule has 0 spiro atoms. The summed E-state index contributed by atoms with van der Waals surface area (Å²) >= 11 is 0. The molecule has 0 aromatic heterocycles. The first-order chi connectivity index (χ1) is 9.03. The Morgan fingerprint density at radius 2 is 2.05 bits per heavy atom. The summed E-state index contributed by atoms with van der Waals surface area (Å²) in [5.41, 5.74) is 6.38. The number of benzene rings is 1. The van der Waals surface area contributed by atoms with Crippen LogP contribution in [0.4, 0.5) is 0 Å². The minimum absolute atomic E-state index is 0. The second kappa shape index (κ2) is 6.95. The molecule has 0 unspecified atom stereocenters. The number of amides is 1. The van der Waals surface area contributed by atoms with E-state index in [0.29, 0.717) is 19.1 Å². The molecule has 0 atom stereocenters. The van der Waals surface area contributed by atoms with Gasteiger partial charge in [0.2, 0.25) is 5.91 Å². The number of halogens is 1. The van der Waals surface area contributed by atoms with Crippen molar-refractivity contribution >= 4 is 18.3 Å². The maximum atomic E-state index is 11.6. The van der Waals surface area contributed by atoms with E-state index in [4.69, 9.17) is 10.5 Å². The number of nitrogens with one attached hydrogen (secondary N) is 1. The number of ether oxygens (including phenoxy) is 1. The third-order valence-corrected chi connectivity index (χ3v) is 3.43. The molecule has 112 valence electrons. The highest BCUT2D eigenvalue weighted by Gasteiger charge is 2.45. The van der Waals surface area contributed by atoms with Gasteiger partial charge < -0.3 is 15.8 Å². The fraction of sp³-hybridized carbons (Fsp3) is 0.533. The highest BCUT2D eigenvalue weighted by molar-refractivity contribution is 5.88. The van der Waals surface area contributed by atoms with Gasteiger partial charge in [-0.05, 0) is 30.4 Å². The van der Waals surface area contributed by atoms with Gasteiger partial charge in [-0.15, -0.1) is 12.4 Å². The molecular weight excluding hydrogens is 276 g/mol. The van der Waals surface area contributed by atoms with Gasteiger partial charge in [0.15, 0.2) is 0 Å². The molecule has 20 heavy (non-hydrogen) atoms. The molecule has 2 rings (SSSR count). The summed E-state index contributed by atoms with van der Waals surface area (Å²) in [6.07, 6.45) is 1.58. The van der Waals surface area contributed by atoms with Crippen LogP contribution in [0.5, 0.6) is 5.75 Å². The summed E-state index contributed by atoms with van der Waals surface area (Å²) in [7, 11) is 0. The largest absolute Gasteiger partial charge is 0.491 e. The quantitative estimate of drug-likeness (QED) is 0.792. The van der Waals surface area contributed by atoms with Crippen molar-refractivity contribution in [2.45, 2.75) is 38.1 Å². The van der Waals surface area contributed by atoms with Crippen molar-refractivity contribution in [3.05, 3.63) is 29.8 Å². The maximum Gasteiger partial charge on any atom is 0.240 e. The number of hydrogen-bond donors (Lipinski definition) is 2. The van der Waals surface area contributed by atoms with Crippen molar-refractivity contribution in [3.8, 4) is 5.75 Å². The summed E-state index contributed by atoms with van der Waals surface area (Å²) in [6, 6.07) is 7.99. The van der Waals surface area contributed by atoms with Gasteiger partial charge in [0.25, 0.3) is 0 Å².